The Balaban J connectivity index is 2.04. The number of aromatic nitrogens is 1. The molecular weight excluding hydrogens is 273 g/mol. The molecule has 2 nitrogen and oxygen atoms in total. The maximum absolute atomic E-state index is 12.1. The Morgan fingerprint density at radius 2 is 2.21 bits per heavy atom. The fraction of sp³-hybridized carbons (Fsp3) is 0.462. The molecule has 0 aliphatic heterocycles. The molecule has 0 aliphatic rings. The fourth-order valence-electron chi connectivity index (χ4n) is 2.04. The van der Waals surface area contributed by atoms with Gasteiger partial charge in [0.15, 0.2) is 0 Å². The molecule has 1 N–H and O–H groups in total. The van der Waals surface area contributed by atoms with E-state index in [4.69, 9.17) is 0 Å². The summed E-state index contributed by atoms with van der Waals surface area (Å²) in [7, 11) is 1.76. The Morgan fingerprint density at radius 1 is 1.42 bits per heavy atom. The molecule has 0 aromatic carbocycles. The van der Waals surface area contributed by atoms with Crippen LogP contribution in [0.4, 0.5) is 13.2 Å². The second-order valence-electron chi connectivity index (χ2n) is 4.42. The Bertz CT molecular complexity index is 536. The number of thiophene rings is 1. The largest absolute Gasteiger partial charge is 0.389 e. The molecule has 1 atom stereocenters. The number of rotatable bonds is 5. The van der Waals surface area contributed by atoms with Crippen molar-refractivity contribution in [2.45, 2.75) is 31.5 Å². The van der Waals surface area contributed by atoms with Gasteiger partial charge in [-0.2, -0.15) is 13.2 Å². The van der Waals surface area contributed by atoms with E-state index in [1.807, 2.05) is 17.5 Å². The zero-order valence-corrected chi connectivity index (χ0v) is 11.3. The van der Waals surface area contributed by atoms with Crippen LogP contribution >= 0.6 is 11.3 Å². The number of pyridine rings is 1. The van der Waals surface area contributed by atoms with Crippen LogP contribution in [0.15, 0.2) is 23.7 Å². The van der Waals surface area contributed by atoms with Gasteiger partial charge in [0.2, 0.25) is 0 Å². The lowest BCUT2D eigenvalue weighted by Crippen LogP contribution is -2.17. The summed E-state index contributed by atoms with van der Waals surface area (Å²) < 4.78 is 37.5. The Labute approximate surface area is 113 Å². The minimum Gasteiger partial charge on any atom is -0.313 e. The molecule has 1 unspecified atom stereocenters. The number of alkyl halides is 3. The third kappa shape index (κ3) is 3.91. The van der Waals surface area contributed by atoms with Gasteiger partial charge in [0.05, 0.1) is 10.2 Å². The number of nitrogens with zero attached hydrogens (tertiary/aromatic N) is 1. The summed E-state index contributed by atoms with van der Waals surface area (Å²) in [5.41, 5.74) is 1.87. The molecule has 2 aromatic heterocycles. The molecule has 0 aliphatic carbocycles. The predicted octanol–water partition coefficient (Wildman–Crippen LogP) is 4.29. The average molecular weight is 288 g/mol. The highest BCUT2D eigenvalue weighted by molar-refractivity contribution is 7.17. The highest BCUT2D eigenvalue weighted by Gasteiger charge is 2.26. The summed E-state index contributed by atoms with van der Waals surface area (Å²) in [5, 5.41) is 5.02. The monoisotopic (exact) mass is 288 g/mol. The van der Waals surface area contributed by atoms with Crippen molar-refractivity contribution < 1.29 is 13.2 Å². The highest BCUT2D eigenvalue weighted by atomic mass is 32.1. The zero-order valence-electron chi connectivity index (χ0n) is 10.5. The normalized spacial score (nSPS) is 13.9. The molecule has 0 amide bonds. The number of hydrogen-bond donors (Lipinski definition) is 1. The van der Waals surface area contributed by atoms with Crippen molar-refractivity contribution in [2.75, 3.05) is 7.05 Å². The standard InChI is InChI=1S/C13H15F3N2S/c1-17-10(3-2-5-13(14,15)16)9-7-12-11(18-8-9)4-6-19-12/h4,6-8,10,17H,2-3,5H2,1H3. The van der Waals surface area contributed by atoms with Gasteiger partial charge in [-0.25, -0.2) is 0 Å². The molecule has 0 saturated heterocycles. The lowest BCUT2D eigenvalue weighted by molar-refractivity contribution is -0.135. The van der Waals surface area contributed by atoms with E-state index >= 15 is 0 Å². The smallest absolute Gasteiger partial charge is 0.313 e. The summed E-state index contributed by atoms with van der Waals surface area (Å²) in [4.78, 5) is 4.32. The predicted molar refractivity (Wildman–Crippen MR) is 71.3 cm³/mol. The lowest BCUT2D eigenvalue weighted by atomic mass is 10.0. The third-order valence-corrected chi connectivity index (χ3v) is 3.88. The van der Waals surface area contributed by atoms with Crippen LogP contribution in [-0.2, 0) is 0 Å². The molecule has 0 saturated carbocycles. The summed E-state index contributed by atoms with van der Waals surface area (Å²) in [6, 6.07) is 3.85. The SMILES string of the molecule is CNC(CCCC(F)(F)F)c1cnc2ccsc2c1. The molecule has 6 heteroatoms. The van der Waals surface area contributed by atoms with Crippen molar-refractivity contribution >= 4 is 21.6 Å². The Kier molecular flexibility index (Phi) is 4.42. The van der Waals surface area contributed by atoms with E-state index in [9.17, 15) is 13.2 Å². The van der Waals surface area contributed by atoms with Crippen LogP contribution < -0.4 is 5.32 Å². The van der Waals surface area contributed by atoms with E-state index in [0.29, 0.717) is 6.42 Å². The van der Waals surface area contributed by atoms with Crippen LogP contribution in [0.2, 0.25) is 0 Å². The minimum atomic E-state index is -4.08. The minimum absolute atomic E-state index is 0.0821. The summed E-state index contributed by atoms with van der Waals surface area (Å²) in [6.07, 6.45) is -2.50. The van der Waals surface area contributed by atoms with E-state index < -0.39 is 12.6 Å². The van der Waals surface area contributed by atoms with E-state index in [1.165, 1.54) is 0 Å². The van der Waals surface area contributed by atoms with Gasteiger partial charge in [-0.05, 0) is 43.0 Å². The Morgan fingerprint density at radius 3 is 2.89 bits per heavy atom. The van der Waals surface area contributed by atoms with Crippen LogP contribution in [0.1, 0.15) is 30.9 Å². The van der Waals surface area contributed by atoms with Crippen molar-refractivity contribution in [3.05, 3.63) is 29.3 Å². The first-order valence-electron chi connectivity index (χ1n) is 6.07. The fourth-order valence-corrected chi connectivity index (χ4v) is 2.83. The number of fused-ring (bicyclic) bond motifs is 1. The van der Waals surface area contributed by atoms with E-state index in [1.54, 1.807) is 24.6 Å². The molecule has 104 valence electrons. The highest BCUT2D eigenvalue weighted by Crippen LogP contribution is 2.28. The van der Waals surface area contributed by atoms with E-state index in [0.717, 1.165) is 15.8 Å². The van der Waals surface area contributed by atoms with Gasteiger partial charge in [0, 0.05) is 18.7 Å². The molecule has 0 bridgehead atoms. The second kappa shape index (κ2) is 5.88. The molecule has 2 aromatic rings. The maximum Gasteiger partial charge on any atom is 0.389 e. The molecule has 0 fully saturated rings. The van der Waals surface area contributed by atoms with E-state index in [2.05, 4.69) is 10.3 Å². The van der Waals surface area contributed by atoms with Gasteiger partial charge in [-0.1, -0.05) is 0 Å². The number of hydrogen-bond acceptors (Lipinski definition) is 3. The summed E-state index contributed by atoms with van der Waals surface area (Å²) in [6.45, 7) is 0. The first kappa shape index (κ1) is 14.3. The van der Waals surface area contributed by atoms with Gasteiger partial charge in [-0.3, -0.25) is 4.98 Å². The maximum atomic E-state index is 12.1. The van der Waals surface area contributed by atoms with Gasteiger partial charge in [0.1, 0.15) is 0 Å². The van der Waals surface area contributed by atoms with E-state index in [-0.39, 0.29) is 12.5 Å². The van der Waals surface area contributed by atoms with Crippen molar-refractivity contribution in [3.63, 3.8) is 0 Å². The number of nitrogens with one attached hydrogen (secondary N) is 1. The van der Waals surface area contributed by atoms with Gasteiger partial charge >= 0.3 is 6.18 Å². The van der Waals surface area contributed by atoms with Crippen LogP contribution in [0.25, 0.3) is 10.2 Å². The number of halogens is 3. The first-order chi connectivity index (χ1) is 8.99. The molecule has 2 rings (SSSR count). The lowest BCUT2D eigenvalue weighted by Gasteiger charge is -2.16. The second-order valence-corrected chi connectivity index (χ2v) is 5.37. The molecule has 2 heterocycles. The van der Waals surface area contributed by atoms with Crippen molar-refractivity contribution in [3.8, 4) is 0 Å². The van der Waals surface area contributed by atoms with Gasteiger partial charge in [0.25, 0.3) is 0 Å². The average Bonchev–Trinajstić information content (AvgIpc) is 2.80. The van der Waals surface area contributed by atoms with Crippen molar-refractivity contribution in [1.29, 1.82) is 0 Å². The van der Waals surface area contributed by atoms with Gasteiger partial charge < -0.3 is 5.32 Å². The zero-order chi connectivity index (χ0) is 13.9. The third-order valence-electron chi connectivity index (χ3n) is 3.03. The molecular formula is C13H15F3N2S. The van der Waals surface area contributed by atoms with Crippen molar-refractivity contribution in [2.24, 2.45) is 0 Å². The first-order valence-corrected chi connectivity index (χ1v) is 6.95. The van der Waals surface area contributed by atoms with Crippen LogP contribution in [0.3, 0.4) is 0 Å². The van der Waals surface area contributed by atoms with Crippen LogP contribution in [0.5, 0.6) is 0 Å². The Hall–Kier alpha value is -1.14. The van der Waals surface area contributed by atoms with Crippen LogP contribution in [0, 0.1) is 0 Å². The van der Waals surface area contributed by atoms with Gasteiger partial charge in [-0.15, -0.1) is 11.3 Å². The quantitative estimate of drug-likeness (QED) is 0.887. The van der Waals surface area contributed by atoms with Crippen molar-refractivity contribution in [1.82, 2.24) is 10.3 Å². The summed E-state index contributed by atoms with van der Waals surface area (Å²) in [5.74, 6) is 0. The topological polar surface area (TPSA) is 24.9 Å². The molecule has 19 heavy (non-hydrogen) atoms. The molecule has 0 spiro atoms. The summed E-state index contributed by atoms with van der Waals surface area (Å²) >= 11 is 1.59. The van der Waals surface area contributed by atoms with Crippen LogP contribution in [-0.4, -0.2) is 18.2 Å². The molecule has 0 radical (unpaired) electrons.